The van der Waals surface area contributed by atoms with E-state index in [1.165, 1.54) is 28.6 Å². The molecule has 0 radical (unpaired) electrons. The van der Waals surface area contributed by atoms with Crippen LogP contribution in [0.5, 0.6) is 0 Å². The maximum Gasteiger partial charge on any atom is 0.150 e. The molecule has 3 aromatic heterocycles. The second kappa shape index (κ2) is 5.63. The van der Waals surface area contributed by atoms with Gasteiger partial charge in [-0.05, 0) is 48.1 Å². The van der Waals surface area contributed by atoms with E-state index in [0.717, 1.165) is 34.3 Å². The molecule has 0 spiro atoms. The molecule has 4 rings (SSSR count). The summed E-state index contributed by atoms with van der Waals surface area (Å²) in [5.74, 6) is 0.603. The molecule has 3 heterocycles. The minimum atomic E-state index is 0.321. The van der Waals surface area contributed by atoms with Gasteiger partial charge in [-0.3, -0.25) is 0 Å². The molecule has 0 fully saturated rings. The highest BCUT2D eigenvalue weighted by atomic mass is 35.5. The van der Waals surface area contributed by atoms with Gasteiger partial charge in [-0.1, -0.05) is 39.3 Å². The van der Waals surface area contributed by atoms with Gasteiger partial charge in [-0.25, -0.2) is 15.0 Å². The SMILES string of the molecule is CC(C)Cc1nc2sc3c(Cl)ncnc3c2c2c1CCC(C)(C)C2. The van der Waals surface area contributed by atoms with Crippen molar-refractivity contribution >= 4 is 43.4 Å². The van der Waals surface area contributed by atoms with Gasteiger partial charge in [-0.15, -0.1) is 11.3 Å². The molecular formula is C19H22ClN3S. The third-order valence-corrected chi connectivity index (χ3v) is 6.45. The number of hydrogen-bond acceptors (Lipinski definition) is 4. The van der Waals surface area contributed by atoms with Gasteiger partial charge in [0.25, 0.3) is 0 Å². The van der Waals surface area contributed by atoms with Crippen LogP contribution in [0.4, 0.5) is 0 Å². The number of halogens is 1. The third-order valence-electron chi connectivity index (χ3n) is 4.97. The number of thiophene rings is 1. The summed E-state index contributed by atoms with van der Waals surface area (Å²) >= 11 is 7.96. The van der Waals surface area contributed by atoms with Gasteiger partial charge >= 0.3 is 0 Å². The summed E-state index contributed by atoms with van der Waals surface area (Å²) in [5.41, 5.74) is 5.49. The van der Waals surface area contributed by atoms with E-state index < -0.39 is 0 Å². The molecule has 1 aliphatic carbocycles. The fraction of sp³-hybridized carbons (Fsp3) is 0.526. The summed E-state index contributed by atoms with van der Waals surface area (Å²) in [7, 11) is 0. The molecule has 0 saturated heterocycles. The topological polar surface area (TPSA) is 38.7 Å². The van der Waals surface area contributed by atoms with Gasteiger partial charge in [0.1, 0.15) is 16.3 Å². The van der Waals surface area contributed by atoms with Gasteiger partial charge in [-0.2, -0.15) is 0 Å². The smallest absolute Gasteiger partial charge is 0.150 e. The van der Waals surface area contributed by atoms with E-state index in [1.54, 1.807) is 17.7 Å². The highest BCUT2D eigenvalue weighted by Crippen LogP contribution is 2.44. The third kappa shape index (κ3) is 2.60. The van der Waals surface area contributed by atoms with E-state index >= 15 is 0 Å². The van der Waals surface area contributed by atoms with Crippen LogP contribution in [-0.4, -0.2) is 15.0 Å². The van der Waals surface area contributed by atoms with E-state index in [9.17, 15) is 0 Å². The van der Waals surface area contributed by atoms with Crippen molar-refractivity contribution in [2.24, 2.45) is 11.3 Å². The van der Waals surface area contributed by atoms with Gasteiger partial charge in [0.15, 0.2) is 0 Å². The summed E-state index contributed by atoms with van der Waals surface area (Å²) in [6.45, 7) is 9.25. The molecule has 0 saturated carbocycles. The van der Waals surface area contributed by atoms with Crippen molar-refractivity contribution in [3.8, 4) is 0 Å². The van der Waals surface area contributed by atoms with Crippen LogP contribution in [0.25, 0.3) is 20.4 Å². The highest BCUT2D eigenvalue weighted by Gasteiger charge is 2.30. The van der Waals surface area contributed by atoms with Crippen LogP contribution in [0.1, 0.15) is 50.9 Å². The van der Waals surface area contributed by atoms with Gasteiger partial charge < -0.3 is 0 Å². The van der Waals surface area contributed by atoms with Gasteiger partial charge in [0.05, 0.1) is 10.2 Å². The Hall–Kier alpha value is -1.26. The zero-order valence-corrected chi connectivity index (χ0v) is 16.2. The molecule has 0 N–H and O–H groups in total. The average molecular weight is 360 g/mol. The van der Waals surface area contributed by atoms with Crippen LogP contribution in [0.2, 0.25) is 5.15 Å². The Kier molecular flexibility index (Phi) is 3.81. The average Bonchev–Trinajstić information content (AvgIpc) is 2.85. The number of fused-ring (bicyclic) bond motifs is 5. The highest BCUT2D eigenvalue weighted by molar-refractivity contribution is 7.26. The molecule has 0 atom stereocenters. The van der Waals surface area contributed by atoms with Crippen molar-refractivity contribution in [2.75, 3.05) is 0 Å². The van der Waals surface area contributed by atoms with Crippen LogP contribution in [-0.2, 0) is 19.3 Å². The van der Waals surface area contributed by atoms with Crippen LogP contribution >= 0.6 is 22.9 Å². The van der Waals surface area contributed by atoms with Crippen LogP contribution in [0.15, 0.2) is 6.33 Å². The number of rotatable bonds is 2. The molecule has 3 aromatic rings. The van der Waals surface area contributed by atoms with Crippen LogP contribution in [0, 0.1) is 11.3 Å². The Balaban J connectivity index is 2.08. The van der Waals surface area contributed by atoms with Gasteiger partial charge in [0, 0.05) is 11.1 Å². The van der Waals surface area contributed by atoms with E-state index in [2.05, 4.69) is 37.7 Å². The zero-order valence-electron chi connectivity index (χ0n) is 14.6. The molecular weight excluding hydrogens is 338 g/mol. The molecule has 3 nitrogen and oxygen atoms in total. The zero-order chi connectivity index (χ0) is 17.1. The van der Waals surface area contributed by atoms with Crippen molar-refractivity contribution in [1.29, 1.82) is 0 Å². The Morgan fingerprint density at radius 3 is 2.79 bits per heavy atom. The lowest BCUT2D eigenvalue weighted by atomic mass is 9.73. The molecule has 5 heteroatoms. The maximum absolute atomic E-state index is 6.32. The van der Waals surface area contributed by atoms with Crippen molar-refractivity contribution in [1.82, 2.24) is 15.0 Å². The number of nitrogens with zero attached hydrogens (tertiary/aromatic N) is 3. The Morgan fingerprint density at radius 1 is 1.25 bits per heavy atom. The molecule has 0 unspecified atom stereocenters. The fourth-order valence-corrected chi connectivity index (χ4v) is 5.12. The quantitative estimate of drug-likeness (QED) is 0.558. The standard InChI is InChI=1S/C19H22ClN3S/c1-10(2)7-13-11-5-6-19(3,4)8-12(11)14-15-16(24-18(14)23-13)17(20)22-9-21-15/h9-10H,5-8H2,1-4H3. The Bertz CT molecular complexity index is 943. The first-order valence-corrected chi connectivity index (χ1v) is 9.78. The fourth-order valence-electron chi connectivity index (χ4n) is 3.81. The van der Waals surface area contributed by atoms with E-state index in [4.69, 9.17) is 16.6 Å². The first kappa shape index (κ1) is 16.2. The second-order valence-electron chi connectivity index (χ2n) is 8.08. The second-order valence-corrected chi connectivity index (χ2v) is 9.44. The molecule has 0 aliphatic heterocycles. The summed E-state index contributed by atoms with van der Waals surface area (Å²) in [6.07, 6.45) is 6.02. The van der Waals surface area contributed by atoms with E-state index in [1.807, 2.05) is 0 Å². The Labute approximate surface area is 151 Å². The predicted octanol–water partition coefficient (Wildman–Crippen LogP) is 5.61. The molecule has 0 amide bonds. The first-order chi connectivity index (χ1) is 11.4. The van der Waals surface area contributed by atoms with E-state index in [-0.39, 0.29) is 0 Å². The lowest BCUT2D eigenvalue weighted by Gasteiger charge is -2.33. The lowest BCUT2D eigenvalue weighted by molar-refractivity contribution is 0.315. The number of aromatic nitrogens is 3. The largest absolute Gasteiger partial charge is 0.242 e. The normalized spacial score (nSPS) is 16.9. The maximum atomic E-state index is 6.32. The summed E-state index contributed by atoms with van der Waals surface area (Å²) in [6, 6.07) is 0. The molecule has 1 aliphatic rings. The van der Waals surface area contributed by atoms with Crippen molar-refractivity contribution in [2.45, 2.75) is 53.4 Å². The molecule has 24 heavy (non-hydrogen) atoms. The molecule has 126 valence electrons. The molecule has 0 aromatic carbocycles. The van der Waals surface area contributed by atoms with E-state index in [0.29, 0.717) is 16.5 Å². The Morgan fingerprint density at radius 2 is 2.04 bits per heavy atom. The summed E-state index contributed by atoms with van der Waals surface area (Å²) in [4.78, 5) is 14.8. The van der Waals surface area contributed by atoms with Crippen molar-refractivity contribution in [3.63, 3.8) is 0 Å². The molecule has 0 bridgehead atoms. The van der Waals surface area contributed by atoms with Crippen molar-refractivity contribution < 1.29 is 0 Å². The van der Waals surface area contributed by atoms with Gasteiger partial charge in [0.2, 0.25) is 0 Å². The lowest BCUT2D eigenvalue weighted by Crippen LogP contribution is -2.24. The number of hydrogen-bond donors (Lipinski definition) is 0. The summed E-state index contributed by atoms with van der Waals surface area (Å²) in [5, 5.41) is 1.76. The van der Waals surface area contributed by atoms with Crippen LogP contribution < -0.4 is 0 Å². The number of pyridine rings is 1. The van der Waals surface area contributed by atoms with Crippen LogP contribution in [0.3, 0.4) is 0 Å². The summed E-state index contributed by atoms with van der Waals surface area (Å²) < 4.78 is 0.967. The monoisotopic (exact) mass is 359 g/mol. The predicted molar refractivity (Wildman–Crippen MR) is 102 cm³/mol. The van der Waals surface area contributed by atoms with Crippen molar-refractivity contribution in [3.05, 3.63) is 28.3 Å². The first-order valence-electron chi connectivity index (χ1n) is 8.59. The minimum absolute atomic E-state index is 0.321. The minimum Gasteiger partial charge on any atom is -0.242 e.